The largest absolute Gasteiger partial charge is 0.477 e. The smallest absolute Gasteiger partial charge is 0.352 e. The summed E-state index contributed by atoms with van der Waals surface area (Å²) in [5.74, 6) is 0.705. The zero-order valence-corrected chi connectivity index (χ0v) is 17.6. The van der Waals surface area contributed by atoms with Gasteiger partial charge in [-0.2, -0.15) is 0 Å². The fourth-order valence-corrected chi connectivity index (χ4v) is 2.98. The normalized spacial score (nSPS) is 11.6. The third-order valence-electron chi connectivity index (χ3n) is 3.84. The van der Waals surface area contributed by atoms with Crippen molar-refractivity contribution in [2.75, 3.05) is 5.32 Å². The number of benzene rings is 2. The molecule has 0 saturated carbocycles. The van der Waals surface area contributed by atoms with E-state index in [4.69, 9.17) is 32.7 Å². The van der Waals surface area contributed by atoms with E-state index < -0.39 is 12.1 Å². The first-order valence-electron chi connectivity index (χ1n) is 8.83. The predicted molar refractivity (Wildman–Crippen MR) is 113 cm³/mol. The first-order valence-corrected chi connectivity index (χ1v) is 9.58. The second-order valence-electron chi connectivity index (χ2n) is 6.38. The number of esters is 1. The molecule has 1 heterocycles. The molecule has 1 unspecified atom stereocenters. The molecule has 8 heteroatoms. The lowest BCUT2D eigenvalue weighted by Crippen LogP contribution is -2.28. The van der Waals surface area contributed by atoms with Crippen molar-refractivity contribution in [2.45, 2.75) is 26.9 Å². The molecule has 0 radical (unpaired) electrons. The van der Waals surface area contributed by atoms with Crippen molar-refractivity contribution < 1.29 is 14.3 Å². The molecule has 1 atom stereocenters. The fourth-order valence-electron chi connectivity index (χ4n) is 2.53. The summed E-state index contributed by atoms with van der Waals surface area (Å²) in [7, 11) is 0. The highest BCUT2D eigenvalue weighted by Gasteiger charge is 2.18. The maximum absolute atomic E-state index is 12.3. The number of aromatic nitrogens is 2. The Morgan fingerprint density at radius 1 is 1.00 bits per heavy atom. The minimum atomic E-state index is -0.852. The molecule has 0 spiro atoms. The van der Waals surface area contributed by atoms with Crippen LogP contribution in [0.3, 0.4) is 0 Å². The van der Waals surface area contributed by atoms with Gasteiger partial charge in [0.1, 0.15) is 11.5 Å². The Bertz CT molecular complexity index is 1010. The van der Waals surface area contributed by atoms with Gasteiger partial charge in [-0.1, -0.05) is 23.2 Å². The SMILES string of the molecule is Cc1cc(C)nc(Nc2ccc(OC(=O)C(C)Oc3ccc(Cl)cc3Cl)cc2)n1. The number of nitrogens with one attached hydrogen (secondary N) is 1. The van der Waals surface area contributed by atoms with E-state index in [1.165, 1.54) is 0 Å². The van der Waals surface area contributed by atoms with E-state index >= 15 is 0 Å². The number of halogens is 2. The Hall–Kier alpha value is -2.83. The third kappa shape index (κ3) is 5.82. The molecule has 1 N–H and O–H groups in total. The Balaban J connectivity index is 1.60. The standard InChI is InChI=1S/C21H19Cl2N3O3/c1-12-10-13(2)25-21(24-12)26-16-5-7-17(8-6-16)29-20(27)14(3)28-19-9-4-15(22)11-18(19)23/h4-11,14H,1-3H3,(H,24,25,26). The van der Waals surface area contributed by atoms with Gasteiger partial charge in [0.25, 0.3) is 0 Å². The summed E-state index contributed by atoms with van der Waals surface area (Å²) < 4.78 is 10.9. The third-order valence-corrected chi connectivity index (χ3v) is 4.37. The second kappa shape index (κ2) is 9.11. The lowest BCUT2D eigenvalue weighted by molar-refractivity contribution is -0.141. The number of aryl methyl sites for hydroxylation is 2. The van der Waals surface area contributed by atoms with Crippen molar-refractivity contribution in [3.05, 3.63) is 70.0 Å². The van der Waals surface area contributed by atoms with Gasteiger partial charge in [-0.3, -0.25) is 0 Å². The molecule has 0 aliphatic carbocycles. The van der Waals surface area contributed by atoms with Gasteiger partial charge >= 0.3 is 5.97 Å². The van der Waals surface area contributed by atoms with Gasteiger partial charge in [-0.25, -0.2) is 14.8 Å². The summed E-state index contributed by atoms with van der Waals surface area (Å²) >= 11 is 11.9. The predicted octanol–water partition coefficient (Wildman–Crippen LogP) is 5.52. The lowest BCUT2D eigenvalue weighted by Gasteiger charge is -2.15. The van der Waals surface area contributed by atoms with Crippen molar-refractivity contribution >= 4 is 40.8 Å². The number of anilines is 2. The van der Waals surface area contributed by atoms with Gasteiger partial charge in [0.15, 0.2) is 6.10 Å². The number of carbonyl (C=O) groups excluding carboxylic acids is 1. The molecule has 29 heavy (non-hydrogen) atoms. The quantitative estimate of drug-likeness (QED) is 0.409. The minimum absolute atomic E-state index is 0.321. The van der Waals surface area contributed by atoms with Gasteiger partial charge in [0.05, 0.1) is 5.02 Å². The number of hydrogen-bond donors (Lipinski definition) is 1. The van der Waals surface area contributed by atoms with E-state index in [0.29, 0.717) is 27.5 Å². The topological polar surface area (TPSA) is 73.3 Å². The summed E-state index contributed by atoms with van der Waals surface area (Å²) in [6.07, 6.45) is -0.852. The monoisotopic (exact) mass is 431 g/mol. The first-order chi connectivity index (χ1) is 13.8. The molecule has 0 aliphatic rings. The molecule has 0 aliphatic heterocycles. The van der Waals surface area contributed by atoms with Gasteiger partial charge in [0, 0.05) is 22.1 Å². The Morgan fingerprint density at radius 3 is 2.28 bits per heavy atom. The fraction of sp³-hybridized carbons (Fsp3) is 0.190. The van der Waals surface area contributed by atoms with Crippen molar-refractivity contribution in [1.82, 2.24) is 9.97 Å². The highest BCUT2D eigenvalue weighted by molar-refractivity contribution is 6.35. The van der Waals surface area contributed by atoms with Crippen LogP contribution in [0.4, 0.5) is 11.6 Å². The van der Waals surface area contributed by atoms with Crippen molar-refractivity contribution in [3.63, 3.8) is 0 Å². The second-order valence-corrected chi connectivity index (χ2v) is 7.22. The van der Waals surface area contributed by atoms with Gasteiger partial charge in [-0.05, 0) is 69.3 Å². The Kier molecular flexibility index (Phi) is 6.56. The van der Waals surface area contributed by atoms with Crippen LogP contribution in [-0.4, -0.2) is 22.0 Å². The summed E-state index contributed by atoms with van der Waals surface area (Å²) in [4.78, 5) is 21.0. The highest BCUT2D eigenvalue weighted by Crippen LogP contribution is 2.28. The zero-order chi connectivity index (χ0) is 21.0. The molecular weight excluding hydrogens is 413 g/mol. The average molecular weight is 432 g/mol. The number of nitrogens with zero attached hydrogens (tertiary/aromatic N) is 2. The summed E-state index contributed by atoms with van der Waals surface area (Å²) in [5.41, 5.74) is 2.52. The molecule has 3 rings (SSSR count). The molecule has 0 saturated heterocycles. The molecule has 0 bridgehead atoms. The van der Waals surface area contributed by atoms with Crippen LogP contribution in [0.15, 0.2) is 48.5 Å². The number of hydrogen-bond acceptors (Lipinski definition) is 6. The summed E-state index contributed by atoms with van der Waals surface area (Å²) in [5, 5.41) is 3.92. The van der Waals surface area contributed by atoms with E-state index in [-0.39, 0.29) is 0 Å². The Labute approximate surface area is 178 Å². The highest BCUT2D eigenvalue weighted by atomic mass is 35.5. The maximum Gasteiger partial charge on any atom is 0.352 e. The van der Waals surface area contributed by atoms with Crippen LogP contribution in [0, 0.1) is 13.8 Å². The first kappa shape index (κ1) is 20.9. The van der Waals surface area contributed by atoms with Crippen molar-refractivity contribution in [3.8, 4) is 11.5 Å². The van der Waals surface area contributed by atoms with E-state index in [1.807, 2.05) is 19.9 Å². The summed E-state index contributed by atoms with van der Waals surface area (Å²) in [6, 6.07) is 13.6. The van der Waals surface area contributed by atoms with E-state index in [9.17, 15) is 4.79 Å². The van der Waals surface area contributed by atoms with Crippen LogP contribution in [0.2, 0.25) is 10.0 Å². The van der Waals surface area contributed by atoms with E-state index in [1.54, 1.807) is 49.4 Å². The number of carbonyl (C=O) groups is 1. The van der Waals surface area contributed by atoms with Crippen LogP contribution >= 0.6 is 23.2 Å². The van der Waals surface area contributed by atoms with E-state index in [0.717, 1.165) is 17.1 Å². The van der Waals surface area contributed by atoms with Gasteiger partial charge in [0.2, 0.25) is 5.95 Å². The maximum atomic E-state index is 12.3. The van der Waals surface area contributed by atoms with E-state index in [2.05, 4.69) is 15.3 Å². The molecule has 0 fully saturated rings. The lowest BCUT2D eigenvalue weighted by atomic mass is 10.3. The Morgan fingerprint density at radius 2 is 1.66 bits per heavy atom. The summed E-state index contributed by atoms with van der Waals surface area (Å²) in [6.45, 7) is 5.40. The van der Waals surface area contributed by atoms with Crippen molar-refractivity contribution in [2.24, 2.45) is 0 Å². The molecule has 0 amide bonds. The number of ether oxygens (including phenoxy) is 2. The number of rotatable bonds is 6. The van der Waals surface area contributed by atoms with Crippen LogP contribution in [-0.2, 0) is 4.79 Å². The molecule has 6 nitrogen and oxygen atoms in total. The van der Waals surface area contributed by atoms with Crippen LogP contribution in [0.1, 0.15) is 18.3 Å². The zero-order valence-electron chi connectivity index (χ0n) is 16.1. The molecule has 1 aromatic heterocycles. The molecule has 2 aromatic carbocycles. The molecule has 150 valence electrons. The molecule has 3 aromatic rings. The van der Waals surface area contributed by atoms with Crippen LogP contribution in [0.5, 0.6) is 11.5 Å². The van der Waals surface area contributed by atoms with Crippen LogP contribution < -0.4 is 14.8 Å². The van der Waals surface area contributed by atoms with Gasteiger partial charge < -0.3 is 14.8 Å². The molecular formula is C21H19Cl2N3O3. The minimum Gasteiger partial charge on any atom is -0.477 e. The van der Waals surface area contributed by atoms with Gasteiger partial charge in [-0.15, -0.1) is 0 Å². The van der Waals surface area contributed by atoms with Crippen molar-refractivity contribution in [1.29, 1.82) is 0 Å². The van der Waals surface area contributed by atoms with Crippen LogP contribution in [0.25, 0.3) is 0 Å². The average Bonchev–Trinajstić information content (AvgIpc) is 2.64.